The topological polar surface area (TPSA) is 144 Å². The second kappa shape index (κ2) is 17.1. The zero-order chi connectivity index (χ0) is 29.5. The standard InChI is InChI=1S/C28H39ClN4O7S/c1-21-18-22(29)19-26-25(21)8-9-27(26)40-23-4-6-24(7-5-23)41(36,37)33-13-15-39-17-16-38-14-12-32-28(35)31-11-3-2-10-30-20-34/h4-7,18-20,27,33H,2-3,8-17H2,1H3,(H,30,34)(H2,31,32,35)/t27-/m1/s1. The molecule has 0 bridgehead atoms. The van der Waals surface area contributed by atoms with Crippen LogP contribution in [0.3, 0.4) is 0 Å². The number of rotatable bonds is 19. The number of carbonyl (C=O) groups is 2. The molecule has 3 rings (SSSR count). The Bertz CT molecular complexity index is 1230. The lowest BCUT2D eigenvalue weighted by Crippen LogP contribution is -2.38. The summed E-state index contributed by atoms with van der Waals surface area (Å²) < 4.78 is 44.7. The molecule has 0 aromatic heterocycles. The fourth-order valence-electron chi connectivity index (χ4n) is 4.41. The van der Waals surface area contributed by atoms with E-state index in [2.05, 4.69) is 20.7 Å². The van der Waals surface area contributed by atoms with Gasteiger partial charge in [0.25, 0.3) is 0 Å². The SMILES string of the molecule is Cc1cc(Cl)cc2c1CC[C@H]2Oc1ccc(S(=O)(=O)NCCOCCOCCNC(=O)NCCCCNC=O)cc1. The van der Waals surface area contributed by atoms with Gasteiger partial charge in [0.05, 0.1) is 31.3 Å². The highest BCUT2D eigenvalue weighted by molar-refractivity contribution is 7.89. The van der Waals surface area contributed by atoms with Gasteiger partial charge in [-0.05, 0) is 85.7 Å². The van der Waals surface area contributed by atoms with Gasteiger partial charge in [0, 0.05) is 31.2 Å². The Hall–Kier alpha value is -2.90. The third-order valence-electron chi connectivity index (χ3n) is 6.45. The van der Waals surface area contributed by atoms with Gasteiger partial charge in [-0.2, -0.15) is 0 Å². The number of benzene rings is 2. The maximum atomic E-state index is 12.6. The minimum absolute atomic E-state index is 0.112. The molecule has 2 aromatic carbocycles. The van der Waals surface area contributed by atoms with Crippen LogP contribution in [0.1, 0.15) is 42.1 Å². The number of fused-ring (bicyclic) bond motifs is 1. The average Bonchev–Trinajstić information content (AvgIpc) is 3.34. The molecular weight excluding hydrogens is 572 g/mol. The number of aryl methyl sites for hydroxylation is 1. The van der Waals surface area contributed by atoms with Crippen LogP contribution < -0.4 is 25.4 Å². The van der Waals surface area contributed by atoms with Crippen molar-refractivity contribution in [1.29, 1.82) is 0 Å². The fraction of sp³-hybridized carbons (Fsp3) is 0.500. The number of unbranched alkanes of at least 4 members (excludes halogenated alkanes) is 1. The molecule has 226 valence electrons. The molecule has 2 aromatic rings. The van der Waals surface area contributed by atoms with Crippen molar-refractivity contribution in [1.82, 2.24) is 20.7 Å². The van der Waals surface area contributed by atoms with Crippen LogP contribution in [0.4, 0.5) is 4.79 Å². The van der Waals surface area contributed by atoms with Gasteiger partial charge in [0.1, 0.15) is 11.9 Å². The molecule has 13 heteroatoms. The molecule has 0 radical (unpaired) electrons. The molecule has 4 N–H and O–H groups in total. The van der Waals surface area contributed by atoms with E-state index in [1.807, 2.05) is 19.1 Å². The number of halogens is 1. The van der Waals surface area contributed by atoms with E-state index in [0.717, 1.165) is 36.8 Å². The van der Waals surface area contributed by atoms with Crippen molar-refractivity contribution in [3.05, 3.63) is 58.1 Å². The molecular formula is C28H39ClN4O7S. The molecule has 1 aliphatic carbocycles. The van der Waals surface area contributed by atoms with Crippen molar-refractivity contribution in [2.75, 3.05) is 52.6 Å². The summed E-state index contributed by atoms with van der Waals surface area (Å²) >= 11 is 6.23. The largest absolute Gasteiger partial charge is 0.486 e. The van der Waals surface area contributed by atoms with Crippen molar-refractivity contribution in [2.45, 2.75) is 43.6 Å². The Morgan fingerprint density at radius 1 is 0.976 bits per heavy atom. The predicted octanol–water partition coefficient (Wildman–Crippen LogP) is 2.85. The van der Waals surface area contributed by atoms with E-state index in [-0.39, 0.29) is 30.2 Å². The summed E-state index contributed by atoms with van der Waals surface area (Å²) in [5, 5.41) is 8.65. The van der Waals surface area contributed by atoms with E-state index >= 15 is 0 Å². The number of amides is 3. The minimum Gasteiger partial charge on any atom is -0.486 e. The number of carbonyl (C=O) groups excluding carboxylic acids is 2. The third kappa shape index (κ3) is 11.1. The number of urea groups is 1. The lowest BCUT2D eigenvalue weighted by Gasteiger charge is -2.16. The van der Waals surface area contributed by atoms with E-state index in [9.17, 15) is 18.0 Å². The molecule has 11 nitrogen and oxygen atoms in total. The molecule has 0 saturated carbocycles. The lowest BCUT2D eigenvalue weighted by molar-refractivity contribution is -0.109. The normalized spacial score (nSPS) is 14.3. The summed E-state index contributed by atoms with van der Waals surface area (Å²) in [6, 6.07) is 9.99. The Morgan fingerprint density at radius 2 is 1.66 bits per heavy atom. The monoisotopic (exact) mass is 610 g/mol. The Balaban J connectivity index is 1.24. The van der Waals surface area contributed by atoms with E-state index in [1.165, 1.54) is 17.7 Å². The lowest BCUT2D eigenvalue weighted by atomic mass is 10.0. The quantitative estimate of drug-likeness (QED) is 0.141. The van der Waals surface area contributed by atoms with Crippen LogP contribution in [-0.4, -0.2) is 73.5 Å². The molecule has 0 fully saturated rings. The molecule has 1 atom stereocenters. The van der Waals surface area contributed by atoms with Crippen LogP contribution >= 0.6 is 11.6 Å². The van der Waals surface area contributed by atoms with E-state index in [0.29, 0.717) is 56.6 Å². The highest BCUT2D eigenvalue weighted by atomic mass is 35.5. The number of hydrogen-bond acceptors (Lipinski definition) is 7. The smallest absolute Gasteiger partial charge is 0.314 e. The second-order valence-corrected chi connectivity index (χ2v) is 11.7. The summed E-state index contributed by atoms with van der Waals surface area (Å²) in [7, 11) is -3.69. The first-order valence-corrected chi connectivity index (χ1v) is 15.6. The van der Waals surface area contributed by atoms with Crippen molar-refractivity contribution in [2.24, 2.45) is 0 Å². The number of ether oxygens (including phenoxy) is 3. The molecule has 41 heavy (non-hydrogen) atoms. The summed E-state index contributed by atoms with van der Waals surface area (Å²) in [4.78, 5) is 21.9. The maximum Gasteiger partial charge on any atom is 0.314 e. The van der Waals surface area contributed by atoms with E-state index in [1.54, 1.807) is 12.1 Å². The highest BCUT2D eigenvalue weighted by Crippen LogP contribution is 2.38. The van der Waals surface area contributed by atoms with Gasteiger partial charge >= 0.3 is 6.03 Å². The van der Waals surface area contributed by atoms with Gasteiger partial charge in [0.2, 0.25) is 16.4 Å². The summed E-state index contributed by atoms with van der Waals surface area (Å²) in [6.45, 7) is 4.76. The third-order valence-corrected chi connectivity index (χ3v) is 8.14. The molecule has 3 amide bonds. The van der Waals surface area contributed by atoms with Crippen LogP contribution in [0.5, 0.6) is 5.75 Å². The fourth-order valence-corrected chi connectivity index (χ4v) is 5.70. The average molecular weight is 611 g/mol. The molecule has 1 aliphatic rings. The predicted molar refractivity (Wildman–Crippen MR) is 156 cm³/mol. The minimum atomic E-state index is -3.69. The maximum absolute atomic E-state index is 12.6. The van der Waals surface area contributed by atoms with Crippen molar-refractivity contribution in [3.63, 3.8) is 0 Å². The molecule has 0 saturated heterocycles. The summed E-state index contributed by atoms with van der Waals surface area (Å²) in [5.41, 5.74) is 3.51. The molecule has 0 aliphatic heterocycles. The van der Waals surface area contributed by atoms with Crippen LogP contribution in [-0.2, 0) is 30.7 Å². The van der Waals surface area contributed by atoms with Crippen LogP contribution in [0, 0.1) is 6.92 Å². The van der Waals surface area contributed by atoms with Crippen LogP contribution in [0.2, 0.25) is 5.02 Å². The van der Waals surface area contributed by atoms with Gasteiger partial charge in [-0.3, -0.25) is 4.79 Å². The molecule has 0 spiro atoms. The van der Waals surface area contributed by atoms with E-state index in [4.69, 9.17) is 25.8 Å². The van der Waals surface area contributed by atoms with Gasteiger partial charge in [-0.25, -0.2) is 17.9 Å². The highest BCUT2D eigenvalue weighted by Gasteiger charge is 2.26. The van der Waals surface area contributed by atoms with Gasteiger partial charge in [-0.1, -0.05) is 11.6 Å². The van der Waals surface area contributed by atoms with Crippen molar-refractivity contribution < 1.29 is 32.2 Å². The Morgan fingerprint density at radius 3 is 2.39 bits per heavy atom. The second-order valence-electron chi connectivity index (χ2n) is 9.49. The van der Waals surface area contributed by atoms with Crippen molar-refractivity contribution >= 4 is 34.1 Å². The van der Waals surface area contributed by atoms with Crippen molar-refractivity contribution in [3.8, 4) is 5.75 Å². The zero-order valence-corrected chi connectivity index (χ0v) is 24.8. The number of nitrogens with one attached hydrogen (secondary N) is 4. The summed E-state index contributed by atoms with van der Waals surface area (Å²) in [6.07, 6.45) is 3.87. The zero-order valence-electron chi connectivity index (χ0n) is 23.2. The van der Waals surface area contributed by atoms with E-state index < -0.39 is 10.0 Å². The first kappa shape index (κ1) is 32.6. The van der Waals surface area contributed by atoms with Crippen LogP contribution in [0.25, 0.3) is 0 Å². The number of sulfonamides is 1. The Kier molecular flexibility index (Phi) is 13.6. The van der Waals surface area contributed by atoms with Gasteiger partial charge in [0.15, 0.2) is 0 Å². The first-order valence-electron chi connectivity index (χ1n) is 13.7. The number of hydrogen-bond donors (Lipinski definition) is 4. The van der Waals surface area contributed by atoms with Crippen LogP contribution in [0.15, 0.2) is 41.3 Å². The van der Waals surface area contributed by atoms with Gasteiger partial charge in [-0.15, -0.1) is 0 Å². The molecule has 0 unspecified atom stereocenters. The summed E-state index contributed by atoms with van der Waals surface area (Å²) in [5.74, 6) is 0.596. The molecule has 0 heterocycles. The Labute approximate surface area is 246 Å². The first-order chi connectivity index (χ1) is 19.8. The van der Waals surface area contributed by atoms with Gasteiger partial charge < -0.3 is 30.2 Å².